The zero-order chi connectivity index (χ0) is 22.3. The van der Waals surface area contributed by atoms with Crippen LogP contribution in [-0.4, -0.2) is 55.3 Å². The topological polar surface area (TPSA) is 86.8 Å². The molecular weight excluding hydrogens is 426 g/mol. The first-order chi connectivity index (χ1) is 14.1. The van der Waals surface area contributed by atoms with Gasteiger partial charge in [0.25, 0.3) is 0 Å². The van der Waals surface area contributed by atoms with Gasteiger partial charge in [0.05, 0.1) is 12.8 Å². The maximum absolute atomic E-state index is 12.9. The van der Waals surface area contributed by atoms with Crippen molar-refractivity contribution in [2.75, 3.05) is 19.8 Å². The van der Waals surface area contributed by atoms with E-state index in [-0.39, 0.29) is 25.5 Å². The van der Waals surface area contributed by atoms with Crippen molar-refractivity contribution in [1.29, 1.82) is 0 Å². The molecule has 0 bridgehead atoms. The molecule has 0 aromatic heterocycles. The number of hydrogen-bond donors (Lipinski definition) is 1. The molecule has 1 atom stereocenters. The van der Waals surface area contributed by atoms with E-state index < -0.39 is 22.0 Å². The molecule has 9 heteroatoms. The molecule has 0 aliphatic carbocycles. The van der Waals surface area contributed by atoms with Crippen molar-refractivity contribution in [2.45, 2.75) is 26.1 Å². The standard InChI is InChI=1S/C21H26ClN3O4S/c1-16(21(27)23-13-17-9-11-19(22)12-10-17)25(14-18-7-5-4-6-8-18)20(26)15-24(2)30(3,28)29/h4-12,16H,13-15H2,1-3H3,(H,23,27). The molecule has 0 aliphatic heterocycles. The molecule has 0 radical (unpaired) electrons. The minimum Gasteiger partial charge on any atom is -0.350 e. The fourth-order valence-electron chi connectivity index (χ4n) is 2.70. The van der Waals surface area contributed by atoms with Crippen molar-refractivity contribution in [3.8, 4) is 0 Å². The first-order valence-electron chi connectivity index (χ1n) is 9.35. The zero-order valence-electron chi connectivity index (χ0n) is 17.2. The van der Waals surface area contributed by atoms with Crippen molar-refractivity contribution < 1.29 is 18.0 Å². The molecule has 30 heavy (non-hydrogen) atoms. The quantitative estimate of drug-likeness (QED) is 0.633. The number of nitrogens with zero attached hydrogens (tertiary/aromatic N) is 2. The lowest BCUT2D eigenvalue weighted by Crippen LogP contribution is -2.50. The molecule has 0 saturated carbocycles. The van der Waals surface area contributed by atoms with E-state index >= 15 is 0 Å². The number of nitrogens with one attached hydrogen (secondary N) is 1. The van der Waals surface area contributed by atoms with Gasteiger partial charge in [-0.3, -0.25) is 9.59 Å². The van der Waals surface area contributed by atoms with Crippen LogP contribution in [0.3, 0.4) is 0 Å². The molecule has 2 amide bonds. The van der Waals surface area contributed by atoms with Gasteiger partial charge >= 0.3 is 0 Å². The average Bonchev–Trinajstić information content (AvgIpc) is 2.70. The van der Waals surface area contributed by atoms with Crippen molar-refractivity contribution in [2.24, 2.45) is 0 Å². The van der Waals surface area contributed by atoms with Gasteiger partial charge in [-0.1, -0.05) is 54.1 Å². The number of likely N-dealkylation sites (N-methyl/N-ethyl adjacent to an activating group) is 1. The molecule has 0 spiro atoms. The van der Waals surface area contributed by atoms with Crippen LogP contribution in [0.15, 0.2) is 54.6 Å². The first-order valence-corrected chi connectivity index (χ1v) is 11.6. The second-order valence-electron chi connectivity index (χ2n) is 7.05. The van der Waals surface area contributed by atoms with E-state index in [9.17, 15) is 18.0 Å². The van der Waals surface area contributed by atoms with Gasteiger partial charge in [-0.2, -0.15) is 4.31 Å². The van der Waals surface area contributed by atoms with E-state index in [1.54, 1.807) is 31.2 Å². The summed E-state index contributed by atoms with van der Waals surface area (Å²) in [6.45, 7) is 1.75. The molecule has 2 aromatic carbocycles. The molecule has 7 nitrogen and oxygen atoms in total. The third-order valence-electron chi connectivity index (χ3n) is 4.67. The lowest BCUT2D eigenvalue weighted by molar-refractivity contribution is -0.140. The fourth-order valence-corrected chi connectivity index (χ4v) is 3.17. The summed E-state index contributed by atoms with van der Waals surface area (Å²) >= 11 is 5.87. The predicted molar refractivity (Wildman–Crippen MR) is 117 cm³/mol. The van der Waals surface area contributed by atoms with Crippen LogP contribution < -0.4 is 5.32 Å². The lowest BCUT2D eigenvalue weighted by atomic mass is 10.1. The van der Waals surface area contributed by atoms with Crippen LogP contribution in [0.4, 0.5) is 0 Å². The zero-order valence-corrected chi connectivity index (χ0v) is 18.8. The molecule has 2 aromatic rings. The summed E-state index contributed by atoms with van der Waals surface area (Å²) in [6.07, 6.45) is 1.03. The monoisotopic (exact) mass is 451 g/mol. The van der Waals surface area contributed by atoms with Gasteiger partial charge in [0.2, 0.25) is 21.8 Å². The van der Waals surface area contributed by atoms with Gasteiger partial charge < -0.3 is 10.2 Å². The number of sulfonamides is 1. The smallest absolute Gasteiger partial charge is 0.242 e. The number of amides is 2. The summed E-state index contributed by atoms with van der Waals surface area (Å²) in [5, 5.41) is 3.42. The van der Waals surface area contributed by atoms with Crippen LogP contribution in [0.1, 0.15) is 18.1 Å². The molecule has 1 unspecified atom stereocenters. The maximum atomic E-state index is 12.9. The summed E-state index contributed by atoms with van der Waals surface area (Å²) in [5.74, 6) is -0.794. The third kappa shape index (κ3) is 7.12. The number of benzene rings is 2. The van der Waals surface area contributed by atoms with Crippen molar-refractivity contribution >= 4 is 33.4 Å². The minimum absolute atomic E-state index is 0.187. The van der Waals surface area contributed by atoms with Gasteiger partial charge in [0.15, 0.2) is 0 Å². The largest absolute Gasteiger partial charge is 0.350 e. The van der Waals surface area contributed by atoms with Crippen LogP contribution in [0.2, 0.25) is 5.02 Å². The molecule has 1 N–H and O–H groups in total. The average molecular weight is 452 g/mol. The van der Waals surface area contributed by atoms with Gasteiger partial charge in [-0.25, -0.2) is 8.42 Å². The van der Waals surface area contributed by atoms with Crippen LogP contribution in [-0.2, 0) is 32.7 Å². The maximum Gasteiger partial charge on any atom is 0.242 e. The van der Waals surface area contributed by atoms with E-state index in [1.165, 1.54) is 11.9 Å². The normalized spacial score (nSPS) is 12.4. The second kappa shape index (κ2) is 10.6. The SMILES string of the molecule is CC(C(=O)NCc1ccc(Cl)cc1)N(Cc1ccccc1)C(=O)CN(C)S(C)(=O)=O. The van der Waals surface area contributed by atoms with Crippen LogP contribution in [0.25, 0.3) is 0 Å². The number of carbonyl (C=O) groups excluding carboxylic acids is 2. The summed E-state index contributed by atoms with van der Waals surface area (Å²) < 4.78 is 24.4. The Bertz CT molecular complexity index is 966. The minimum atomic E-state index is -3.53. The summed E-state index contributed by atoms with van der Waals surface area (Å²) in [6, 6.07) is 15.5. The van der Waals surface area contributed by atoms with Gasteiger partial charge in [-0.15, -0.1) is 0 Å². The fraction of sp³-hybridized carbons (Fsp3) is 0.333. The Morgan fingerprint density at radius 3 is 2.20 bits per heavy atom. The van der Waals surface area contributed by atoms with E-state index in [0.717, 1.165) is 21.7 Å². The number of hydrogen-bond acceptors (Lipinski definition) is 4. The van der Waals surface area contributed by atoms with E-state index in [2.05, 4.69) is 5.32 Å². The highest BCUT2D eigenvalue weighted by molar-refractivity contribution is 7.88. The molecule has 2 rings (SSSR count). The number of rotatable bonds is 9. The van der Waals surface area contributed by atoms with Crippen molar-refractivity contribution in [1.82, 2.24) is 14.5 Å². The van der Waals surface area contributed by atoms with Gasteiger partial charge in [-0.05, 0) is 30.2 Å². The number of carbonyl (C=O) groups is 2. The Hall–Kier alpha value is -2.42. The summed E-state index contributed by atoms with van der Waals surface area (Å²) in [7, 11) is -2.19. The highest BCUT2D eigenvalue weighted by Crippen LogP contribution is 2.12. The molecule has 0 fully saturated rings. The highest BCUT2D eigenvalue weighted by atomic mass is 35.5. The van der Waals surface area contributed by atoms with Crippen LogP contribution in [0, 0.1) is 0 Å². The van der Waals surface area contributed by atoms with Gasteiger partial charge in [0, 0.05) is 25.2 Å². The van der Waals surface area contributed by atoms with E-state index in [4.69, 9.17) is 11.6 Å². The Morgan fingerprint density at radius 1 is 1.03 bits per heavy atom. The lowest BCUT2D eigenvalue weighted by Gasteiger charge is -2.30. The number of halogens is 1. The summed E-state index contributed by atoms with van der Waals surface area (Å²) in [4.78, 5) is 27.0. The Balaban J connectivity index is 2.13. The van der Waals surface area contributed by atoms with Gasteiger partial charge in [0.1, 0.15) is 6.04 Å². The molecule has 0 aliphatic rings. The molecule has 0 saturated heterocycles. The molecular formula is C21H26ClN3O4S. The Kier molecular flexibility index (Phi) is 8.40. The first kappa shape index (κ1) is 23.9. The molecule has 162 valence electrons. The second-order valence-corrected chi connectivity index (χ2v) is 9.57. The third-order valence-corrected chi connectivity index (χ3v) is 6.18. The van der Waals surface area contributed by atoms with E-state index in [1.807, 2.05) is 30.3 Å². The van der Waals surface area contributed by atoms with Crippen LogP contribution in [0.5, 0.6) is 0 Å². The predicted octanol–water partition coefficient (Wildman–Crippen LogP) is 2.26. The Labute approximate surface area is 182 Å². The van der Waals surface area contributed by atoms with E-state index in [0.29, 0.717) is 5.02 Å². The highest BCUT2D eigenvalue weighted by Gasteiger charge is 2.28. The van der Waals surface area contributed by atoms with Crippen molar-refractivity contribution in [3.63, 3.8) is 0 Å². The molecule has 0 heterocycles. The summed E-state index contributed by atoms with van der Waals surface area (Å²) in [5.41, 5.74) is 1.71. The van der Waals surface area contributed by atoms with Crippen LogP contribution >= 0.6 is 11.6 Å². The Morgan fingerprint density at radius 2 is 1.63 bits per heavy atom. The van der Waals surface area contributed by atoms with Crippen molar-refractivity contribution in [3.05, 3.63) is 70.7 Å².